The van der Waals surface area contributed by atoms with E-state index in [2.05, 4.69) is 30.2 Å². The largest absolute Gasteiger partial charge is 0.338 e. The van der Waals surface area contributed by atoms with Gasteiger partial charge in [-0.15, -0.1) is 5.10 Å². The van der Waals surface area contributed by atoms with Crippen LogP contribution in [0.3, 0.4) is 0 Å². The van der Waals surface area contributed by atoms with Gasteiger partial charge in [-0.05, 0) is 37.9 Å². The Balaban J connectivity index is 1.34. The van der Waals surface area contributed by atoms with Crippen molar-refractivity contribution in [3.63, 3.8) is 0 Å². The lowest BCUT2D eigenvalue weighted by Crippen LogP contribution is -2.36. The van der Waals surface area contributed by atoms with Crippen LogP contribution in [-0.4, -0.2) is 52.7 Å². The number of nitrogens with zero attached hydrogens (tertiary/aromatic N) is 8. The summed E-state index contributed by atoms with van der Waals surface area (Å²) < 4.78 is 8.43. The minimum Gasteiger partial charge on any atom is -0.338 e. The average Bonchev–Trinajstić information content (AvgIpc) is 3.37. The van der Waals surface area contributed by atoms with Gasteiger partial charge in [0, 0.05) is 18.5 Å². The Bertz CT molecular complexity index is 954. The first-order chi connectivity index (χ1) is 13.6. The van der Waals surface area contributed by atoms with Crippen molar-refractivity contribution >= 4 is 0 Å². The highest BCUT2D eigenvalue weighted by atomic mass is 16.5. The molecule has 0 N–H and O–H groups in total. The first-order valence-corrected chi connectivity index (χ1v) is 9.56. The van der Waals surface area contributed by atoms with Crippen LogP contribution < -0.4 is 5.56 Å². The zero-order valence-electron chi connectivity index (χ0n) is 16.1. The molecule has 0 spiro atoms. The molecule has 1 aliphatic rings. The van der Waals surface area contributed by atoms with Gasteiger partial charge in [-0.1, -0.05) is 19.0 Å². The molecule has 0 unspecified atom stereocenters. The fraction of sp³-hybridized carbons (Fsp3) is 0.556. The number of piperidine rings is 1. The molecular formula is C18H24N8O2. The number of rotatable bonds is 6. The van der Waals surface area contributed by atoms with Crippen LogP contribution in [0.2, 0.25) is 0 Å². The predicted molar refractivity (Wildman–Crippen MR) is 99.8 cm³/mol. The number of aromatic nitrogens is 7. The summed E-state index contributed by atoms with van der Waals surface area (Å²) in [5.41, 5.74) is -0.0987. The van der Waals surface area contributed by atoms with Crippen LogP contribution in [-0.2, 0) is 13.1 Å². The Morgan fingerprint density at radius 3 is 2.75 bits per heavy atom. The summed E-state index contributed by atoms with van der Waals surface area (Å²) in [5.74, 6) is 2.68. The Kier molecular flexibility index (Phi) is 5.29. The van der Waals surface area contributed by atoms with Gasteiger partial charge in [0.15, 0.2) is 11.6 Å². The van der Waals surface area contributed by atoms with Crippen LogP contribution in [0, 0.1) is 5.92 Å². The Labute approximate surface area is 162 Å². The Hall–Kier alpha value is -2.88. The van der Waals surface area contributed by atoms with Crippen molar-refractivity contribution in [3.05, 3.63) is 46.9 Å². The van der Waals surface area contributed by atoms with E-state index in [9.17, 15) is 4.79 Å². The number of hydrogen-bond acceptors (Lipinski definition) is 8. The highest BCUT2D eigenvalue weighted by molar-refractivity contribution is 5.16. The number of hydrogen-bond donors (Lipinski definition) is 0. The lowest BCUT2D eigenvalue weighted by molar-refractivity contribution is 0.148. The minimum absolute atomic E-state index is 0.0987. The molecule has 4 heterocycles. The molecule has 28 heavy (non-hydrogen) atoms. The normalized spacial score (nSPS) is 16.1. The third-order valence-electron chi connectivity index (χ3n) is 5.00. The van der Waals surface area contributed by atoms with Gasteiger partial charge in [0.05, 0.1) is 6.54 Å². The van der Waals surface area contributed by atoms with Gasteiger partial charge in [-0.25, -0.2) is 14.3 Å². The Morgan fingerprint density at radius 1 is 1.25 bits per heavy atom. The monoisotopic (exact) mass is 384 g/mol. The maximum Gasteiger partial charge on any atom is 0.266 e. The second-order valence-electron chi connectivity index (χ2n) is 7.47. The predicted octanol–water partition coefficient (Wildman–Crippen LogP) is 1.24. The molecule has 0 saturated carbocycles. The Morgan fingerprint density at radius 2 is 2.07 bits per heavy atom. The molecule has 3 aromatic rings. The first kappa shape index (κ1) is 18.5. The summed E-state index contributed by atoms with van der Waals surface area (Å²) in [4.78, 5) is 22.9. The molecule has 4 rings (SSSR count). The lowest BCUT2D eigenvalue weighted by atomic mass is 9.97. The van der Waals surface area contributed by atoms with Crippen LogP contribution in [0.4, 0.5) is 0 Å². The van der Waals surface area contributed by atoms with Gasteiger partial charge in [-0.2, -0.15) is 10.1 Å². The fourth-order valence-corrected chi connectivity index (χ4v) is 3.35. The third-order valence-corrected chi connectivity index (χ3v) is 5.00. The van der Waals surface area contributed by atoms with Crippen molar-refractivity contribution in [2.75, 3.05) is 13.1 Å². The molecule has 1 aliphatic heterocycles. The average molecular weight is 384 g/mol. The third kappa shape index (κ3) is 4.16. The lowest BCUT2D eigenvalue weighted by Gasteiger charge is -2.30. The zero-order valence-corrected chi connectivity index (χ0v) is 16.1. The van der Waals surface area contributed by atoms with Crippen molar-refractivity contribution in [1.82, 2.24) is 39.6 Å². The topological polar surface area (TPSA) is 108 Å². The number of likely N-dealkylation sites (tertiary alicyclic amines) is 1. The van der Waals surface area contributed by atoms with Crippen LogP contribution >= 0.6 is 0 Å². The van der Waals surface area contributed by atoms with Crippen molar-refractivity contribution < 1.29 is 4.52 Å². The van der Waals surface area contributed by atoms with Crippen LogP contribution in [0.5, 0.6) is 0 Å². The molecule has 0 bridgehead atoms. The second-order valence-corrected chi connectivity index (χ2v) is 7.47. The minimum atomic E-state index is -0.0987. The van der Waals surface area contributed by atoms with Crippen molar-refractivity contribution in [3.8, 4) is 5.82 Å². The molecule has 0 atom stereocenters. The van der Waals surface area contributed by atoms with E-state index >= 15 is 0 Å². The van der Waals surface area contributed by atoms with Crippen LogP contribution in [0.15, 0.2) is 34.1 Å². The van der Waals surface area contributed by atoms with Crippen molar-refractivity contribution in [2.24, 2.45) is 5.92 Å². The van der Waals surface area contributed by atoms with Gasteiger partial charge in [0.1, 0.15) is 12.7 Å². The summed E-state index contributed by atoms with van der Waals surface area (Å²) in [7, 11) is 0. The summed E-state index contributed by atoms with van der Waals surface area (Å²) in [6.45, 7) is 7.24. The summed E-state index contributed by atoms with van der Waals surface area (Å²) >= 11 is 0. The fourth-order valence-electron chi connectivity index (χ4n) is 3.35. The molecule has 0 aliphatic carbocycles. The molecular weight excluding hydrogens is 360 g/mol. The second kappa shape index (κ2) is 8.01. The maximum atomic E-state index is 12.2. The highest BCUT2D eigenvalue weighted by Crippen LogP contribution is 2.20. The zero-order chi connectivity index (χ0) is 19.5. The van der Waals surface area contributed by atoms with E-state index in [1.807, 2.05) is 13.8 Å². The van der Waals surface area contributed by atoms with Crippen molar-refractivity contribution in [1.29, 1.82) is 0 Å². The van der Waals surface area contributed by atoms with Gasteiger partial charge >= 0.3 is 0 Å². The standard InChI is InChI=1S/C18H24N8O2/c1-13(2)18-21-16(28-23-18)10-24-7-5-14(6-8-24)9-25-17(27)4-3-15(22-25)26-12-19-11-20-26/h3-4,11-14H,5-10H2,1-2H3. The highest BCUT2D eigenvalue weighted by Gasteiger charge is 2.22. The SMILES string of the molecule is CC(C)c1noc(CN2CCC(Cn3nc(-n4cncn4)ccc3=O)CC2)n1. The van der Waals surface area contributed by atoms with Crippen molar-refractivity contribution in [2.45, 2.75) is 45.7 Å². The van der Waals surface area contributed by atoms with Gasteiger partial charge in [-0.3, -0.25) is 9.69 Å². The van der Waals surface area contributed by atoms with E-state index in [1.165, 1.54) is 17.1 Å². The quantitative estimate of drug-likeness (QED) is 0.625. The van der Waals surface area contributed by atoms with Gasteiger partial charge in [0.2, 0.25) is 5.89 Å². The van der Waals surface area contributed by atoms with E-state index in [0.29, 0.717) is 30.7 Å². The molecule has 3 aromatic heterocycles. The molecule has 0 radical (unpaired) electrons. The van der Waals surface area contributed by atoms with E-state index in [1.54, 1.807) is 17.1 Å². The van der Waals surface area contributed by atoms with Gasteiger partial charge < -0.3 is 4.52 Å². The molecule has 10 nitrogen and oxygen atoms in total. The summed E-state index contributed by atoms with van der Waals surface area (Å²) in [6.07, 6.45) is 5.00. The molecule has 1 saturated heterocycles. The van der Waals surface area contributed by atoms with E-state index < -0.39 is 0 Å². The molecule has 10 heteroatoms. The molecule has 1 fully saturated rings. The molecule has 0 amide bonds. The van der Waals surface area contributed by atoms with E-state index in [0.717, 1.165) is 31.8 Å². The smallest absolute Gasteiger partial charge is 0.266 e. The molecule has 0 aromatic carbocycles. The summed E-state index contributed by atoms with van der Waals surface area (Å²) in [5, 5.41) is 12.5. The first-order valence-electron chi connectivity index (χ1n) is 9.56. The van der Waals surface area contributed by atoms with E-state index in [4.69, 9.17) is 4.52 Å². The van der Waals surface area contributed by atoms with Crippen LogP contribution in [0.25, 0.3) is 5.82 Å². The van der Waals surface area contributed by atoms with Gasteiger partial charge in [0.25, 0.3) is 5.56 Å². The van der Waals surface area contributed by atoms with Crippen LogP contribution in [0.1, 0.15) is 44.3 Å². The summed E-state index contributed by atoms with van der Waals surface area (Å²) in [6, 6.07) is 3.19. The maximum absolute atomic E-state index is 12.2. The molecule has 148 valence electrons. The van der Waals surface area contributed by atoms with E-state index in [-0.39, 0.29) is 11.5 Å².